The predicted molar refractivity (Wildman–Crippen MR) is 153 cm³/mol. The third-order valence-electron chi connectivity index (χ3n) is 7.58. The van der Waals surface area contributed by atoms with Crippen molar-refractivity contribution >= 4 is 40.6 Å². The summed E-state index contributed by atoms with van der Waals surface area (Å²) in [5.74, 6) is 0.649. The van der Waals surface area contributed by atoms with Crippen LogP contribution in [0.3, 0.4) is 0 Å². The van der Waals surface area contributed by atoms with Crippen molar-refractivity contribution in [2.75, 3.05) is 59.2 Å². The molecule has 2 fully saturated rings. The first-order valence-electron chi connectivity index (χ1n) is 13.5. The van der Waals surface area contributed by atoms with Crippen molar-refractivity contribution < 1.29 is 19.0 Å². The van der Waals surface area contributed by atoms with Gasteiger partial charge in [-0.2, -0.15) is 0 Å². The average molecular weight is 569 g/mol. The number of amides is 1. The third-order valence-corrected chi connectivity index (χ3v) is 8.27. The van der Waals surface area contributed by atoms with Crippen molar-refractivity contribution in [3.05, 3.63) is 68.8 Å². The standard InChI is InChI=1S/C29H33ClN4O4S/c30-22-3-1-20(2-4-22)15-31-29(35)25-19-34-18-23(17-33-7-11-37-12-8-33)38-26-14-21(13-24(27(26)34)28(25)39)16-32-5-9-36-10-6-32/h1-4,13-14,19,23H,5-12,15-18H2,(H,31,35). The fourth-order valence-corrected chi connectivity index (χ4v) is 5.97. The van der Waals surface area contributed by atoms with E-state index in [1.165, 1.54) is 0 Å². The Morgan fingerprint density at radius 2 is 1.67 bits per heavy atom. The van der Waals surface area contributed by atoms with Crippen molar-refractivity contribution in [3.8, 4) is 5.75 Å². The fraction of sp³-hybridized carbons (Fsp3) is 0.448. The number of carbonyl (C=O) groups excluding carboxylic acids is 1. The lowest BCUT2D eigenvalue weighted by molar-refractivity contribution is 0.0153. The van der Waals surface area contributed by atoms with E-state index in [4.69, 9.17) is 38.0 Å². The largest absolute Gasteiger partial charge is 0.485 e. The molecule has 1 amide bonds. The van der Waals surface area contributed by atoms with Crippen LogP contribution >= 0.6 is 23.8 Å². The van der Waals surface area contributed by atoms with Crippen molar-refractivity contribution in [2.24, 2.45) is 0 Å². The third kappa shape index (κ3) is 6.14. The molecule has 1 unspecified atom stereocenters. The summed E-state index contributed by atoms with van der Waals surface area (Å²) in [5.41, 5.74) is 3.57. The number of morpholine rings is 2. The predicted octanol–water partition coefficient (Wildman–Crippen LogP) is 3.88. The maximum Gasteiger partial charge on any atom is 0.254 e. The quantitative estimate of drug-likeness (QED) is 0.434. The second-order valence-electron chi connectivity index (χ2n) is 10.4. The maximum absolute atomic E-state index is 13.4. The number of benzene rings is 2. The summed E-state index contributed by atoms with van der Waals surface area (Å²) in [7, 11) is 0. The lowest BCUT2D eigenvalue weighted by atomic mass is 10.0. The van der Waals surface area contributed by atoms with Crippen LogP contribution in [0.25, 0.3) is 10.9 Å². The molecule has 4 heterocycles. The first-order chi connectivity index (χ1) is 19.0. The molecule has 0 saturated carbocycles. The summed E-state index contributed by atoms with van der Waals surface area (Å²) in [5, 5.41) is 4.60. The highest BCUT2D eigenvalue weighted by molar-refractivity contribution is 7.71. The number of hydrogen-bond acceptors (Lipinski definition) is 7. The number of carbonyl (C=O) groups is 1. The van der Waals surface area contributed by atoms with Crippen LogP contribution in [0.4, 0.5) is 0 Å². The van der Waals surface area contributed by atoms with Gasteiger partial charge < -0.3 is 24.1 Å². The van der Waals surface area contributed by atoms with Gasteiger partial charge in [0.1, 0.15) is 11.9 Å². The van der Waals surface area contributed by atoms with E-state index in [0.717, 1.165) is 93.5 Å². The molecule has 1 atom stereocenters. The average Bonchev–Trinajstić information content (AvgIpc) is 2.95. The van der Waals surface area contributed by atoms with Gasteiger partial charge in [-0.25, -0.2) is 0 Å². The second-order valence-corrected chi connectivity index (χ2v) is 11.2. The van der Waals surface area contributed by atoms with Crippen molar-refractivity contribution in [3.63, 3.8) is 0 Å². The molecule has 206 valence electrons. The molecule has 3 aliphatic rings. The van der Waals surface area contributed by atoms with E-state index < -0.39 is 0 Å². The Hall–Kier alpha value is -2.53. The van der Waals surface area contributed by atoms with Gasteiger partial charge >= 0.3 is 0 Å². The van der Waals surface area contributed by atoms with Gasteiger partial charge in [-0.3, -0.25) is 14.6 Å². The normalized spacial score (nSPS) is 20.1. The van der Waals surface area contributed by atoms with E-state index >= 15 is 0 Å². The summed E-state index contributed by atoms with van der Waals surface area (Å²) in [6.45, 7) is 9.17. The highest BCUT2D eigenvalue weighted by Crippen LogP contribution is 2.35. The van der Waals surface area contributed by atoms with Crippen LogP contribution in [0.15, 0.2) is 42.6 Å². The molecule has 2 saturated heterocycles. The van der Waals surface area contributed by atoms with Crippen LogP contribution in [0.1, 0.15) is 21.5 Å². The first-order valence-corrected chi connectivity index (χ1v) is 14.3. The number of ether oxygens (including phenoxy) is 3. The molecule has 6 rings (SSSR count). The van der Waals surface area contributed by atoms with Crippen LogP contribution in [0.2, 0.25) is 5.02 Å². The zero-order chi connectivity index (χ0) is 26.8. The molecule has 0 radical (unpaired) electrons. The molecule has 1 aromatic heterocycles. The van der Waals surface area contributed by atoms with E-state index in [-0.39, 0.29) is 12.0 Å². The number of aromatic nitrogens is 1. The van der Waals surface area contributed by atoms with Gasteiger partial charge in [0, 0.05) is 62.4 Å². The Balaban J connectivity index is 1.32. The summed E-state index contributed by atoms with van der Waals surface area (Å²) >= 11 is 11.9. The maximum atomic E-state index is 13.4. The number of nitrogens with zero attached hydrogens (tertiary/aromatic N) is 3. The summed E-state index contributed by atoms with van der Waals surface area (Å²) < 4.78 is 20.4. The zero-order valence-electron chi connectivity index (χ0n) is 21.9. The second kappa shape index (κ2) is 11.9. The van der Waals surface area contributed by atoms with Crippen LogP contribution in [0.5, 0.6) is 5.75 Å². The topological polar surface area (TPSA) is 68.2 Å². The van der Waals surface area contributed by atoms with Gasteiger partial charge in [0.2, 0.25) is 0 Å². The minimum atomic E-state index is -0.183. The number of nitrogens with one attached hydrogen (secondary N) is 1. The van der Waals surface area contributed by atoms with E-state index in [1.807, 2.05) is 30.5 Å². The Labute approximate surface area is 238 Å². The summed E-state index contributed by atoms with van der Waals surface area (Å²) in [6, 6.07) is 11.7. The highest BCUT2D eigenvalue weighted by Gasteiger charge is 2.27. The molecule has 0 aliphatic carbocycles. The number of hydrogen-bond donors (Lipinski definition) is 1. The minimum Gasteiger partial charge on any atom is -0.485 e. The molecule has 10 heteroatoms. The summed E-state index contributed by atoms with van der Waals surface area (Å²) in [6.07, 6.45) is 1.87. The fourth-order valence-electron chi connectivity index (χ4n) is 5.55. The van der Waals surface area contributed by atoms with Gasteiger partial charge in [0.05, 0.1) is 48.6 Å². The summed E-state index contributed by atoms with van der Waals surface area (Å²) in [4.78, 5) is 18.2. The van der Waals surface area contributed by atoms with E-state index in [2.05, 4.69) is 31.8 Å². The first kappa shape index (κ1) is 26.7. The Morgan fingerprint density at radius 1 is 0.974 bits per heavy atom. The van der Waals surface area contributed by atoms with E-state index in [0.29, 0.717) is 28.2 Å². The smallest absolute Gasteiger partial charge is 0.254 e. The zero-order valence-corrected chi connectivity index (χ0v) is 23.4. The monoisotopic (exact) mass is 568 g/mol. The van der Waals surface area contributed by atoms with Gasteiger partial charge in [0.15, 0.2) is 0 Å². The van der Waals surface area contributed by atoms with Crippen LogP contribution in [-0.2, 0) is 29.1 Å². The van der Waals surface area contributed by atoms with Gasteiger partial charge in [-0.05, 0) is 35.4 Å². The van der Waals surface area contributed by atoms with Gasteiger partial charge in [-0.15, -0.1) is 0 Å². The number of pyridine rings is 1. The van der Waals surface area contributed by atoms with Gasteiger partial charge in [-0.1, -0.05) is 36.0 Å². The van der Waals surface area contributed by atoms with Gasteiger partial charge in [0.25, 0.3) is 5.91 Å². The molecule has 2 aromatic carbocycles. The lowest BCUT2D eigenvalue weighted by Gasteiger charge is -2.34. The van der Waals surface area contributed by atoms with E-state index in [1.54, 1.807) is 0 Å². The highest BCUT2D eigenvalue weighted by atomic mass is 35.5. The molecular weight excluding hydrogens is 536 g/mol. The van der Waals surface area contributed by atoms with Crippen molar-refractivity contribution in [2.45, 2.75) is 25.7 Å². The number of rotatable bonds is 7. The van der Waals surface area contributed by atoms with E-state index in [9.17, 15) is 4.79 Å². The van der Waals surface area contributed by atoms with Crippen LogP contribution < -0.4 is 10.1 Å². The molecule has 0 bridgehead atoms. The van der Waals surface area contributed by atoms with Crippen LogP contribution in [-0.4, -0.2) is 85.5 Å². The molecule has 3 aliphatic heterocycles. The SMILES string of the molecule is O=C(NCc1ccc(Cl)cc1)c1cn2c3c(cc(CN4CCOCC4)cc3c1=S)OC(CN1CCOCC1)C2. The Kier molecular flexibility index (Phi) is 8.15. The molecular formula is C29H33ClN4O4S. The molecule has 3 aromatic rings. The minimum absolute atomic E-state index is 0.0385. The Bertz CT molecular complexity index is 1400. The number of halogens is 1. The van der Waals surface area contributed by atoms with Crippen LogP contribution in [0, 0.1) is 4.51 Å². The Morgan fingerprint density at radius 3 is 2.38 bits per heavy atom. The molecule has 1 N–H and O–H groups in total. The lowest BCUT2D eigenvalue weighted by Crippen LogP contribution is -2.45. The van der Waals surface area contributed by atoms with Crippen molar-refractivity contribution in [1.82, 2.24) is 19.7 Å². The molecule has 0 spiro atoms. The molecule has 8 nitrogen and oxygen atoms in total. The molecule has 39 heavy (non-hydrogen) atoms. The van der Waals surface area contributed by atoms with Crippen molar-refractivity contribution in [1.29, 1.82) is 0 Å².